The average Bonchev–Trinajstić information content (AvgIpc) is 3.01. The van der Waals surface area contributed by atoms with Gasteiger partial charge in [0.05, 0.1) is 5.69 Å². The first-order valence-electron chi connectivity index (χ1n) is 8.53. The van der Waals surface area contributed by atoms with Crippen LogP contribution < -0.4 is 5.14 Å². The van der Waals surface area contributed by atoms with Crippen molar-refractivity contribution >= 4 is 15.8 Å². The summed E-state index contributed by atoms with van der Waals surface area (Å²) in [6.07, 6.45) is 3.05. The largest absolute Gasteiger partial charge is 0.355 e. The van der Waals surface area contributed by atoms with Crippen LogP contribution in [-0.4, -0.2) is 24.2 Å². The summed E-state index contributed by atoms with van der Waals surface area (Å²) < 4.78 is 36.4. The molecule has 8 heteroatoms. The smallest absolute Gasteiger partial charge is 0.219 e. The van der Waals surface area contributed by atoms with Crippen LogP contribution in [0.15, 0.2) is 54.9 Å². The van der Waals surface area contributed by atoms with Gasteiger partial charge in [-0.2, -0.15) is 0 Å². The van der Waals surface area contributed by atoms with E-state index in [0.29, 0.717) is 28.1 Å². The minimum absolute atomic E-state index is 0.0368. The van der Waals surface area contributed by atoms with E-state index in [1.165, 1.54) is 37.4 Å². The van der Waals surface area contributed by atoms with Crippen molar-refractivity contribution in [3.05, 3.63) is 88.8 Å². The van der Waals surface area contributed by atoms with Gasteiger partial charge in [-0.3, -0.25) is 9.78 Å². The van der Waals surface area contributed by atoms with E-state index in [-0.39, 0.29) is 12.2 Å². The van der Waals surface area contributed by atoms with Crippen molar-refractivity contribution in [3.63, 3.8) is 0 Å². The van der Waals surface area contributed by atoms with E-state index in [4.69, 9.17) is 5.14 Å². The zero-order valence-corrected chi connectivity index (χ0v) is 16.3. The van der Waals surface area contributed by atoms with Crippen LogP contribution in [0.25, 0.3) is 0 Å². The van der Waals surface area contributed by atoms with Gasteiger partial charge < -0.3 is 4.98 Å². The molecule has 0 fully saturated rings. The number of hydrogen-bond acceptors (Lipinski definition) is 4. The number of nitrogens with zero attached hydrogens (tertiary/aromatic N) is 1. The zero-order valence-electron chi connectivity index (χ0n) is 15.4. The average molecular weight is 401 g/mol. The number of benzene rings is 1. The Bertz CT molecular complexity index is 1110. The van der Waals surface area contributed by atoms with Crippen LogP contribution in [0.5, 0.6) is 0 Å². The van der Waals surface area contributed by atoms with Crippen molar-refractivity contribution in [2.45, 2.75) is 25.0 Å². The van der Waals surface area contributed by atoms with Crippen LogP contribution in [-0.2, 0) is 21.2 Å². The molecule has 1 unspecified atom stereocenters. The maximum atomic E-state index is 13.1. The number of pyridine rings is 1. The first-order valence-corrected chi connectivity index (χ1v) is 10.1. The maximum Gasteiger partial charge on any atom is 0.219 e. The van der Waals surface area contributed by atoms with Gasteiger partial charge in [0.1, 0.15) is 10.6 Å². The number of hydrogen-bond donors (Lipinski definition) is 2. The fourth-order valence-corrected chi connectivity index (χ4v) is 3.92. The minimum Gasteiger partial charge on any atom is -0.355 e. The van der Waals surface area contributed by atoms with Crippen LogP contribution in [0.3, 0.4) is 0 Å². The molecule has 2 aromatic heterocycles. The molecule has 3 aromatic rings. The normalized spacial score (nSPS) is 13.9. The van der Waals surface area contributed by atoms with E-state index in [9.17, 15) is 17.6 Å². The highest BCUT2D eigenvalue weighted by Crippen LogP contribution is 2.32. The quantitative estimate of drug-likeness (QED) is 0.620. The van der Waals surface area contributed by atoms with E-state index >= 15 is 0 Å². The summed E-state index contributed by atoms with van der Waals surface area (Å²) in [6, 6.07) is 10.2. The van der Waals surface area contributed by atoms with Crippen molar-refractivity contribution in [3.8, 4) is 0 Å². The lowest BCUT2D eigenvalue weighted by molar-refractivity contribution is 0.103. The lowest BCUT2D eigenvalue weighted by Crippen LogP contribution is -2.40. The van der Waals surface area contributed by atoms with Gasteiger partial charge >= 0.3 is 0 Å². The first-order chi connectivity index (χ1) is 13.1. The lowest BCUT2D eigenvalue weighted by atomic mass is 9.96. The Balaban J connectivity index is 1.98. The number of H-pyrrole nitrogens is 1. The molecule has 3 rings (SSSR count). The number of primary sulfonamides is 1. The number of aromatic amines is 1. The minimum atomic E-state index is -3.98. The first kappa shape index (κ1) is 19.9. The van der Waals surface area contributed by atoms with Crippen molar-refractivity contribution in [2.75, 3.05) is 0 Å². The Morgan fingerprint density at radius 2 is 1.93 bits per heavy atom. The number of rotatable bonds is 6. The second-order valence-corrected chi connectivity index (χ2v) is 8.87. The van der Waals surface area contributed by atoms with Crippen molar-refractivity contribution in [1.82, 2.24) is 9.97 Å². The van der Waals surface area contributed by atoms with Crippen molar-refractivity contribution in [2.24, 2.45) is 5.14 Å². The van der Waals surface area contributed by atoms with Gasteiger partial charge in [-0.1, -0.05) is 6.07 Å². The molecule has 0 saturated heterocycles. The Morgan fingerprint density at radius 1 is 1.25 bits per heavy atom. The molecule has 0 aliphatic rings. The summed E-state index contributed by atoms with van der Waals surface area (Å²) >= 11 is 0. The van der Waals surface area contributed by atoms with Gasteiger partial charge in [0.15, 0.2) is 0 Å². The number of halogens is 1. The molecule has 0 spiro atoms. The predicted molar refractivity (Wildman–Crippen MR) is 104 cm³/mol. The third-order valence-electron chi connectivity index (χ3n) is 4.83. The lowest BCUT2D eigenvalue weighted by Gasteiger charge is -2.26. The van der Waals surface area contributed by atoms with Crippen LogP contribution in [0, 0.1) is 12.7 Å². The summed E-state index contributed by atoms with van der Waals surface area (Å²) in [4.78, 5) is 19.7. The van der Waals surface area contributed by atoms with Gasteiger partial charge in [0.2, 0.25) is 15.8 Å². The summed E-state index contributed by atoms with van der Waals surface area (Å²) in [6.45, 7) is 3.27. The number of sulfonamides is 1. The molecule has 2 heterocycles. The number of aromatic nitrogens is 2. The third kappa shape index (κ3) is 3.74. The molecule has 6 nitrogen and oxygen atoms in total. The van der Waals surface area contributed by atoms with Crippen LogP contribution >= 0.6 is 0 Å². The molecular formula is C20H20FN3O3S. The molecule has 0 saturated carbocycles. The molecule has 1 atom stereocenters. The molecule has 0 radical (unpaired) electrons. The van der Waals surface area contributed by atoms with E-state index in [1.807, 2.05) is 0 Å². The Morgan fingerprint density at radius 3 is 2.50 bits per heavy atom. The Labute approximate surface area is 162 Å². The summed E-state index contributed by atoms with van der Waals surface area (Å²) in [5, 5.41) is 5.53. The molecule has 0 bridgehead atoms. The Kier molecular flexibility index (Phi) is 5.18. The predicted octanol–water partition coefficient (Wildman–Crippen LogP) is 2.83. The van der Waals surface area contributed by atoms with Crippen LogP contribution in [0.2, 0.25) is 0 Å². The van der Waals surface area contributed by atoms with E-state index in [1.54, 1.807) is 31.3 Å². The zero-order chi connectivity index (χ0) is 20.5. The second-order valence-electron chi connectivity index (χ2n) is 6.88. The summed E-state index contributed by atoms with van der Waals surface area (Å²) in [5.41, 5.74) is 2.32. The molecule has 0 amide bonds. The standard InChI is InChI=1S/C20H20FN3O3S/c1-13-10-17(24-18(13)19(25)14-5-7-16(21)8-6-14)11-20(2,28(22,26)27)15-4-3-9-23-12-15/h3-10,12,24H,11H2,1-2H3,(H2,22,26,27). The van der Waals surface area contributed by atoms with Gasteiger partial charge in [-0.05, 0) is 61.4 Å². The van der Waals surface area contributed by atoms with E-state index in [0.717, 1.165) is 0 Å². The maximum absolute atomic E-state index is 13.1. The number of carbonyl (C=O) groups is 1. The monoisotopic (exact) mass is 401 g/mol. The molecule has 0 aliphatic carbocycles. The van der Waals surface area contributed by atoms with E-state index < -0.39 is 20.6 Å². The topological polar surface area (TPSA) is 106 Å². The molecule has 146 valence electrons. The number of aryl methyl sites for hydroxylation is 1. The fraction of sp³-hybridized carbons (Fsp3) is 0.200. The van der Waals surface area contributed by atoms with Crippen LogP contribution in [0.4, 0.5) is 4.39 Å². The van der Waals surface area contributed by atoms with Crippen molar-refractivity contribution in [1.29, 1.82) is 0 Å². The number of ketones is 1. The highest BCUT2D eigenvalue weighted by molar-refractivity contribution is 7.90. The van der Waals surface area contributed by atoms with Crippen molar-refractivity contribution < 1.29 is 17.6 Å². The third-order valence-corrected chi connectivity index (χ3v) is 6.47. The van der Waals surface area contributed by atoms with E-state index in [2.05, 4.69) is 9.97 Å². The Hall–Kier alpha value is -2.84. The molecule has 3 N–H and O–H groups in total. The van der Waals surface area contributed by atoms with Gasteiger partial charge in [-0.15, -0.1) is 0 Å². The van der Waals surface area contributed by atoms with Gasteiger partial charge in [0, 0.05) is 30.1 Å². The molecule has 0 aliphatic heterocycles. The highest BCUT2D eigenvalue weighted by Gasteiger charge is 2.39. The van der Waals surface area contributed by atoms with Crippen LogP contribution in [0.1, 0.15) is 39.8 Å². The van der Waals surface area contributed by atoms with Gasteiger partial charge in [0.25, 0.3) is 0 Å². The molecular weight excluding hydrogens is 381 g/mol. The fourth-order valence-electron chi connectivity index (χ4n) is 3.11. The molecule has 28 heavy (non-hydrogen) atoms. The van der Waals surface area contributed by atoms with Gasteiger partial charge in [-0.25, -0.2) is 17.9 Å². The SMILES string of the molecule is Cc1cc(CC(C)(c2cccnc2)S(N)(=O)=O)[nH]c1C(=O)c1ccc(F)cc1. The highest BCUT2D eigenvalue weighted by atomic mass is 32.2. The molecule has 1 aromatic carbocycles. The number of nitrogens with one attached hydrogen (secondary N) is 1. The number of carbonyl (C=O) groups excluding carboxylic acids is 1. The summed E-state index contributed by atoms with van der Waals surface area (Å²) in [7, 11) is -3.98. The second kappa shape index (κ2) is 7.29. The summed E-state index contributed by atoms with van der Waals surface area (Å²) in [5.74, 6) is -0.733. The number of nitrogens with two attached hydrogens (primary N) is 1.